The van der Waals surface area contributed by atoms with Gasteiger partial charge in [-0.2, -0.15) is 0 Å². The minimum atomic E-state index is -4.13. The Labute approximate surface area is 204 Å². The molecule has 0 aliphatic carbocycles. The Morgan fingerprint density at radius 2 is 1.60 bits per heavy atom. The summed E-state index contributed by atoms with van der Waals surface area (Å²) in [6.07, 6.45) is 1.23. The number of carbonyl (C=O) groups excluding carboxylic acids is 1. The molecule has 1 amide bonds. The van der Waals surface area contributed by atoms with Gasteiger partial charge < -0.3 is 9.88 Å². The van der Waals surface area contributed by atoms with Crippen molar-refractivity contribution in [2.24, 2.45) is 0 Å². The van der Waals surface area contributed by atoms with Crippen LogP contribution < -0.4 is 10.7 Å². The molecule has 0 aliphatic rings. The number of amides is 1. The Hall–Kier alpha value is -3.78. The van der Waals surface area contributed by atoms with Crippen LogP contribution in [0.25, 0.3) is 11.0 Å². The van der Waals surface area contributed by atoms with E-state index in [-0.39, 0.29) is 33.3 Å². The van der Waals surface area contributed by atoms with Crippen molar-refractivity contribution in [2.45, 2.75) is 50.6 Å². The summed E-state index contributed by atoms with van der Waals surface area (Å²) < 4.78 is 28.5. The number of aromatic nitrogens is 2. The number of rotatable bonds is 6. The molecular formula is C27H27N3O4S. The predicted molar refractivity (Wildman–Crippen MR) is 135 cm³/mol. The largest absolute Gasteiger partial charge is 0.350 e. The molecule has 0 bridgehead atoms. The van der Waals surface area contributed by atoms with E-state index >= 15 is 0 Å². The summed E-state index contributed by atoms with van der Waals surface area (Å²) in [6, 6.07) is 16.0. The molecule has 0 radical (unpaired) electrons. The highest BCUT2D eigenvalue weighted by Gasteiger charge is 2.26. The van der Waals surface area contributed by atoms with Gasteiger partial charge in [-0.25, -0.2) is 13.4 Å². The van der Waals surface area contributed by atoms with Gasteiger partial charge in [0.2, 0.25) is 21.2 Å². The van der Waals surface area contributed by atoms with Crippen LogP contribution in [0.2, 0.25) is 0 Å². The Balaban J connectivity index is 1.76. The van der Waals surface area contributed by atoms with Crippen LogP contribution in [-0.4, -0.2) is 23.9 Å². The number of nitrogens with one attached hydrogen (secondary N) is 1. The molecule has 8 heteroatoms. The van der Waals surface area contributed by atoms with E-state index in [0.717, 1.165) is 16.7 Å². The fraction of sp³-hybridized carbons (Fsp3) is 0.222. The number of carbonyl (C=O) groups is 1. The molecule has 2 heterocycles. The van der Waals surface area contributed by atoms with Crippen molar-refractivity contribution < 1.29 is 13.2 Å². The van der Waals surface area contributed by atoms with Crippen LogP contribution in [0.1, 0.15) is 27.9 Å². The van der Waals surface area contributed by atoms with Crippen LogP contribution in [0.5, 0.6) is 0 Å². The van der Waals surface area contributed by atoms with Crippen molar-refractivity contribution >= 4 is 26.8 Å². The molecule has 35 heavy (non-hydrogen) atoms. The van der Waals surface area contributed by atoms with Gasteiger partial charge in [-0.3, -0.25) is 9.59 Å². The Morgan fingerprint density at radius 1 is 0.914 bits per heavy atom. The molecule has 0 saturated heterocycles. The average Bonchev–Trinajstić information content (AvgIpc) is 2.80. The first kappa shape index (κ1) is 24.3. The number of benzene rings is 2. The molecule has 180 valence electrons. The third kappa shape index (κ3) is 5.02. The van der Waals surface area contributed by atoms with E-state index in [1.165, 1.54) is 16.8 Å². The summed E-state index contributed by atoms with van der Waals surface area (Å²) in [4.78, 5) is 30.2. The molecule has 1 N–H and O–H groups in total. The van der Waals surface area contributed by atoms with E-state index in [2.05, 4.69) is 10.3 Å². The Morgan fingerprint density at radius 3 is 2.29 bits per heavy atom. The molecule has 0 atom stereocenters. The summed E-state index contributed by atoms with van der Waals surface area (Å²) in [7, 11) is -4.13. The monoisotopic (exact) mass is 489 g/mol. The molecule has 2 aromatic heterocycles. The third-order valence-electron chi connectivity index (χ3n) is 5.86. The Bertz CT molecular complexity index is 1600. The molecular weight excluding hydrogens is 462 g/mol. The maximum Gasteiger partial charge on any atom is 0.240 e. The van der Waals surface area contributed by atoms with Crippen LogP contribution in [0.3, 0.4) is 0 Å². The van der Waals surface area contributed by atoms with Crippen molar-refractivity contribution in [3.05, 3.63) is 99.0 Å². The number of pyridine rings is 2. The van der Waals surface area contributed by atoms with Gasteiger partial charge >= 0.3 is 0 Å². The quantitative estimate of drug-likeness (QED) is 0.445. The van der Waals surface area contributed by atoms with Gasteiger partial charge in [0.15, 0.2) is 0 Å². The van der Waals surface area contributed by atoms with E-state index in [9.17, 15) is 18.0 Å². The number of sulfone groups is 1. The summed E-state index contributed by atoms with van der Waals surface area (Å²) in [5.41, 5.74) is 3.82. The number of hydrogen-bond acceptors (Lipinski definition) is 5. The first-order valence-electron chi connectivity index (χ1n) is 11.2. The number of nitrogens with zero attached hydrogens (tertiary/aromatic N) is 2. The lowest BCUT2D eigenvalue weighted by atomic mass is 10.1. The predicted octanol–water partition coefficient (Wildman–Crippen LogP) is 3.78. The fourth-order valence-corrected chi connectivity index (χ4v) is 5.57. The van der Waals surface area contributed by atoms with Crippen LogP contribution in [-0.2, 0) is 27.7 Å². The van der Waals surface area contributed by atoms with Crippen LogP contribution >= 0.6 is 0 Å². The molecule has 0 aliphatic heterocycles. The highest BCUT2D eigenvalue weighted by Crippen LogP contribution is 2.24. The van der Waals surface area contributed by atoms with Crippen molar-refractivity contribution in [1.29, 1.82) is 0 Å². The molecule has 7 nitrogen and oxygen atoms in total. The molecule has 0 unspecified atom stereocenters. The van der Waals surface area contributed by atoms with Crippen molar-refractivity contribution in [2.75, 3.05) is 0 Å². The normalized spacial score (nSPS) is 11.5. The van der Waals surface area contributed by atoms with Gasteiger partial charge in [-0.15, -0.1) is 0 Å². The second kappa shape index (κ2) is 9.46. The van der Waals surface area contributed by atoms with Crippen molar-refractivity contribution in [3.63, 3.8) is 0 Å². The van der Waals surface area contributed by atoms with E-state index < -0.39 is 15.3 Å². The number of aryl methyl sites for hydroxylation is 4. The second-order valence-corrected chi connectivity index (χ2v) is 10.7. The SMILES string of the molecule is Cc1ccc(CNC(=O)Cn2cc(S(=O)(=O)c3ccc(C)cc3C)c(=O)c3ccc(C)nc32)cc1. The molecule has 2 aromatic carbocycles. The zero-order valence-electron chi connectivity index (χ0n) is 20.1. The highest BCUT2D eigenvalue weighted by atomic mass is 32.2. The lowest BCUT2D eigenvalue weighted by Gasteiger charge is -2.15. The summed E-state index contributed by atoms with van der Waals surface area (Å²) in [5, 5.41) is 3.00. The molecule has 4 aromatic rings. The molecule has 0 spiro atoms. The van der Waals surface area contributed by atoms with E-state index in [0.29, 0.717) is 17.8 Å². The smallest absolute Gasteiger partial charge is 0.240 e. The molecule has 0 fully saturated rings. The van der Waals surface area contributed by atoms with Gasteiger partial charge in [0.1, 0.15) is 17.1 Å². The van der Waals surface area contributed by atoms with Gasteiger partial charge in [0, 0.05) is 18.4 Å². The lowest BCUT2D eigenvalue weighted by molar-refractivity contribution is -0.121. The van der Waals surface area contributed by atoms with Gasteiger partial charge in [-0.1, -0.05) is 47.5 Å². The van der Waals surface area contributed by atoms with E-state index in [4.69, 9.17) is 0 Å². The van der Waals surface area contributed by atoms with Gasteiger partial charge in [0.25, 0.3) is 0 Å². The summed E-state index contributed by atoms with van der Waals surface area (Å²) >= 11 is 0. The first-order valence-corrected chi connectivity index (χ1v) is 12.7. The molecule has 4 rings (SSSR count). The minimum absolute atomic E-state index is 0.0648. The lowest BCUT2D eigenvalue weighted by Crippen LogP contribution is -2.29. The highest BCUT2D eigenvalue weighted by molar-refractivity contribution is 7.91. The van der Waals surface area contributed by atoms with E-state index in [1.54, 1.807) is 38.1 Å². The average molecular weight is 490 g/mol. The second-order valence-electron chi connectivity index (χ2n) is 8.81. The number of hydrogen-bond donors (Lipinski definition) is 1. The first-order chi connectivity index (χ1) is 16.6. The van der Waals surface area contributed by atoms with E-state index in [1.807, 2.05) is 38.1 Å². The van der Waals surface area contributed by atoms with Gasteiger partial charge in [0.05, 0.1) is 10.3 Å². The van der Waals surface area contributed by atoms with Gasteiger partial charge in [-0.05, 0) is 57.0 Å². The van der Waals surface area contributed by atoms with Crippen LogP contribution in [0.15, 0.2) is 75.4 Å². The summed E-state index contributed by atoms with van der Waals surface area (Å²) in [5.74, 6) is -0.325. The van der Waals surface area contributed by atoms with Crippen LogP contribution in [0.4, 0.5) is 0 Å². The maximum absolute atomic E-state index is 13.5. The Kier molecular flexibility index (Phi) is 6.58. The topological polar surface area (TPSA) is 98.1 Å². The fourth-order valence-electron chi connectivity index (χ4n) is 3.98. The maximum atomic E-state index is 13.5. The van der Waals surface area contributed by atoms with Crippen molar-refractivity contribution in [1.82, 2.24) is 14.9 Å². The number of fused-ring (bicyclic) bond motifs is 1. The zero-order valence-corrected chi connectivity index (χ0v) is 20.9. The minimum Gasteiger partial charge on any atom is -0.350 e. The molecule has 0 saturated carbocycles. The summed E-state index contributed by atoms with van der Waals surface area (Å²) in [6.45, 7) is 7.47. The third-order valence-corrected chi connectivity index (χ3v) is 7.77. The van der Waals surface area contributed by atoms with Crippen molar-refractivity contribution in [3.8, 4) is 0 Å². The van der Waals surface area contributed by atoms with Crippen LogP contribution in [0, 0.1) is 27.7 Å². The zero-order chi connectivity index (χ0) is 25.3. The standard InChI is InChI=1S/C27H27N3O4S/c1-17-5-9-21(10-6-17)14-28-25(31)16-30-15-24(26(32)22-11-8-20(4)29-27(22)30)35(33,34)23-12-7-18(2)13-19(23)3/h5-13,15H,14,16H2,1-4H3,(H,28,31).